The van der Waals surface area contributed by atoms with Gasteiger partial charge in [-0.3, -0.25) is 4.79 Å². The van der Waals surface area contributed by atoms with Crippen molar-refractivity contribution in [3.8, 4) is 0 Å². The summed E-state index contributed by atoms with van der Waals surface area (Å²) < 4.78 is 25.5. The first-order valence-corrected chi connectivity index (χ1v) is 6.43. The molecule has 17 heavy (non-hydrogen) atoms. The Morgan fingerprint density at radius 2 is 1.94 bits per heavy atom. The van der Waals surface area contributed by atoms with E-state index in [1.165, 1.54) is 24.3 Å². The summed E-state index contributed by atoms with van der Waals surface area (Å²) in [6.07, 6.45) is 0. The summed E-state index contributed by atoms with van der Waals surface area (Å²) >= 11 is 5.62. The van der Waals surface area contributed by atoms with Crippen LogP contribution in [-0.4, -0.2) is 32.1 Å². The highest BCUT2D eigenvalue weighted by atomic mass is 35.5. The smallest absolute Gasteiger partial charge is 0.323 e. The van der Waals surface area contributed by atoms with E-state index in [0.717, 1.165) is 0 Å². The van der Waals surface area contributed by atoms with Gasteiger partial charge < -0.3 is 10.8 Å². The van der Waals surface area contributed by atoms with E-state index in [0.29, 0.717) is 5.02 Å². The normalized spacial score (nSPS) is 13.3. The van der Waals surface area contributed by atoms with E-state index in [1.807, 2.05) is 4.72 Å². The van der Waals surface area contributed by atoms with Gasteiger partial charge in [-0.2, -0.15) is 4.72 Å². The van der Waals surface area contributed by atoms with Gasteiger partial charge in [0.1, 0.15) is 6.04 Å². The average Bonchev–Trinajstić information content (AvgIpc) is 2.26. The summed E-state index contributed by atoms with van der Waals surface area (Å²) in [5.41, 5.74) is 5.15. The number of nitrogens with two attached hydrogens (primary N) is 1. The zero-order valence-corrected chi connectivity index (χ0v) is 10.2. The van der Waals surface area contributed by atoms with Gasteiger partial charge in [0.15, 0.2) is 0 Å². The molecule has 0 saturated heterocycles. The molecule has 0 heterocycles. The lowest BCUT2D eigenvalue weighted by atomic mass is 10.3. The quantitative estimate of drug-likeness (QED) is 0.704. The second-order valence-electron chi connectivity index (χ2n) is 3.20. The van der Waals surface area contributed by atoms with Crippen molar-refractivity contribution in [2.45, 2.75) is 10.9 Å². The fourth-order valence-corrected chi connectivity index (χ4v) is 2.40. The molecule has 0 radical (unpaired) electrons. The zero-order chi connectivity index (χ0) is 13.1. The summed E-state index contributed by atoms with van der Waals surface area (Å²) in [4.78, 5) is 10.6. The predicted molar refractivity (Wildman–Crippen MR) is 62.3 cm³/mol. The van der Waals surface area contributed by atoms with Crippen LogP contribution in [0.4, 0.5) is 0 Å². The molecule has 0 unspecified atom stereocenters. The number of carboxylic acid groups (broad SMARTS) is 1. The molecule has 1 rings (SSSR count). The molecular weight excluding hydrogens is 268 g/mol. The maximum atomic E-state index is 11.7. The van der Waals surface area contributed by atoms with Gasteiger partial charge in [-0.15, -0.1) is 0 Å². The number of aliphatic carboxylic acids is 1. The highest BCUT2D eigenvalue weighted by molar-refractivity contribution is 7.89. The van der Waals surface area contributed by atoms with Crippen molar-refractivity contribution in [2.75, 3.05) is 6.54 Å². The second kappa shape index (κ2) is 5.46. The molecule has 0 aromatic heterocycles. The van der Waals surface area contributed by atoms with Crippen LogP contribution in [0, 0.1) is 0 Å². The van der Waals surface area contributed by atoms with Gasteiger partial charge in [0.25, 0.3) is 0 Å². The summed E-state index contributed by atoms with van der Waals surface area (Å²) in [6.45, 7) is -0.331. The van der Waals surface area contributed by atoms with Crippen molar-refractivity contribution < 1.29 is 18.3 Å². The van der Waals surface area contributed by atoms with E-state index in [-0.39, 0.29) is 11.4 Å². The van der Waals surface area contributed by atoms with Crippen molar-refractivity contribution in [1.82, 2.24) is 4.72 Å². The van der Waals surface area contributed by atoms with Crippen LogP contribution in [-0.2, 0) is 14.8 Å². The number of sulfonamides is 1. The largest absolute Gasteiger partial charge is 0.480 e. The van der Waals surface area contributed by atoms with Crippen molar-refractivity contribution in [3.05, 3.63) is 29.3 Å². The number of rotatable bonds is 5. The van der Waals surface area contributed by atoms with Crippen molar-refractivity contribution in [1.29, 1.82) is 0 Å². The average molecular weight is 279 g/mol. The first-order valence-electron chi connectivity index (χ1n) is 4.57. The highest BCUT2D eigenvalue weighted by Gasteiger charge is 2.23. The molecule has 0 bridgehead atoms. The summed E-state index contributed by atoms with van der Waals surface area (Å²) in [5.74, 6) is -1.33. The first-order chi connectivity index (χ1) is 7.86. The van der Waals surface area contributed by atoms with Crippen LogP contribution >= 0.6 is 11.6 Å². The number of halogens is 1. The van der Waals surface area contributed by atoms with Crippen LogP contribution < -0.4 is 10.5 Å². The topological polar surface area (TPSA) is 109 Å². The molecule has 0 aliphatic rings. The highest BCUT2D eigenvalue weighted by Crippen LogP contribution is 2.14. The SMILES string of the molecule is NC[C@H](NS(=O)(=O)c1ccc(Cl)cc1)C(=O)O. The molecule has 0 aliphatic heterocycles. The van der Waals surface area contributed by atoms with Crippen LogP contribution in [0.25, 0.3) is 0 Å². The minimum atomic E-state index is -3.90. The Balaban J connectivity index is 2.96. The Morgan fingerprint density at radius 1 is 1.41 bits per heavy atom. The van der Waals surface area contributed by atoms with E-state index in [4.69, 9.17) is 22.4 Å². The Labute approximate surface area is 103 Å². The van der Waals surface area contributed by atoms with Gasteiger partial charge >= 0.3 is 5.97 Å². The molecule has 4 N–H and O–H groups in total. The van der Waals surface area contributed by atoms with Gasteiger partial charge in [0, 0.05) is 11.6 Å². The third-order valence-electron chi connectivity index (χ3n) is 1.96. The van der Waals surface area contributed by atoms with Crippen LogP contribution in [0.3, 0.4) is 0 Å². The standard InChI is InChI=1S/C9H11ClN2O4S/c10-6-1-3-7(4-2-6)17(15,16)12-8(5-11)9(13)14/h1-4,8,12H,5,11H2,(H,13,14)/t8-/m0/s1. The zero-order valence-electron chi connectivity index (χ0n) is 8.63. The van der Waals surface area contributed by atoms with Crippen LogP contribution in [0.2, 0.25) is 5.02 Å². The molecule has 1 aromatic carbocycles. The molecule has 1 aromatic rings. The third kappa shape index (κ3) is 3.67. The molecule has 0 saturated carbocycles. The monoisotopic (exact) mass is 278 g/mol. The molecule has 0 spiro atoms. The van der Waals surface area contributed by atoms with Crippen molar-refractivity contribution in [3.63, 3.8) is 0 Å². The maximum absolute atomic E-state index is 11.7. The van der Waals surface area contributed by atoms with Crippen LogP contribution in [0.15, 0.2) is 29.2 Å². The fourth-order valence-electron chi connectivity index (χ4n) is 1.07. The number of carboxylic acids is 1. The lowest BCUT2D eigenvalue weighted by Gasteiger charge is -2.12. The van der Waals surface area contributed by atoms with Crippen molar-refractivity contribution in [2.24, 2.45) is 5.73 Å². The molecule has 8 heteroatoms. The number of hydrogen-bond donors (Lipinski definition) is 3. The number of benzene rings is 1. The molecule has 0 amide bonds. The minimum absolute atomic E-state index is 0.0680. The van der Waals surface area contributed by atoms with Crippen LogP contribution in [0.1, 0.15) is 0 Å². The van der Waals surface area contributed by atoms with Gasteiger partial charge in [-0.1, -0.05) is 11.6 Å². The Morgan fingerprint density at radius 3 is 2.35 bits per heavy atom. The molecule has 0 aliphatic carbocycles. The molecule has 1 atom stereocenters. The summed E-state index contributed by atoms with van der Waals surface area (Å²) in [7, 11) is -3.90. The molecule has 94 valence electrons. The Hall–Kier alpha value is -1.15. The molecule has 0 fully saturated rings. The van der Waals surface area contributed by atoms with E-state index >= 15 is 0 Å². The fraction of sp³-hybridized carbons (Fsp3) is 0.222. The summed E-state index contributed by atoms with van der Waals surface area (Å²) in [5, 5.41) is 9.09. The Kier molecular flexibility index (Phi) is 4.47. The van der Waals surface area contributed by atoms with Gasteiger partial charge in [-0.05, 0) is 24.3 Å². The van der Waals surface area contributed by atoms with E-state index < -0.39 is 22.0 Å². The van der Waals surface area contributed by atoms with Gasteiger partial charge in [0.05, 0.1) is 4.90 Å². The minimum Gasteiger partial charge on any atom is -0.480 e. The van der Waals surface area contributed by atoms with Gasteiger partial charge in [-0.25, -0.2) is 8.42 Å². The van der Waals surface area contributed by atoms with E-state index in [9.17, 15) is 13.2 Å². The van der Waals surface area contributed by atoms with E-state index in [1.54, 1.807) is 0 Å². The van der Waals surface area contributed by atoms with Crippen LogP contribution in [0.5, 0.6) is 0 Å². The number of carbonyl (C=O) groups is 1. The third-order valence-corrected chi connectivity index (χ3v) is 3.69. The number of nitrogens with one attached hydrogen (secondary N) is 1. The lowest BCUT2D eigenvalue weighted by molar-refractivity contribution is -0.138. The maximum Gasteiger partial charge on any atom is 0.323 e. The van der Waals surface area contributed by atoms with Crippen molar-refractivity contribution >= 4 is 27.6 Å². The summed E-state index contributed by atoms with van der Waals surface area (Å²) in [6, 6.07) is 4.00. The predicted octanol–water partition coefficient (Wildman–Crippen LogP) is 0.0302. The lowest BCUT2D eigenvalue weighted by Crippen LogP contribution is -2.45. The van der Waals surface area contributed by atoms with Gasteiger partial charge in [0.2, 0.25) is 10.0 Å². The Bertz CT molecular complexity index is 500. The molecular formula is C9H11ClN2O4S. The second-order valence-corrected chi connectivity index (χ2v) is 5.35. The van der Waals surface area contributed by atoms with E-state index in [2.05, 4.69) is 0 Å². The number of hydrogen-bond acceptors (Lipinski definition) is 4. The molecule has 6 nitrogen and oxygen atoms in total. The first kappa shape index (κ1) is 13.9.